The van der Waals surface area contributed by atoms with Crippen molar-refractivity contribution in [2.75, 3.05) is 13.2 Å². The van der Waals surface area contributed by atoms with E-state index in [-0.39, 0.29) is 0 Å². The van der Waals surface area contributed by atoms with E-state index >= 15 is 0 Å². The van der Waals surface area contributed by atoms with Gasteiger partial charge in [-0.05, 0) is 25.1 Å². The van der Waals surface area contributed by atoms with Gasteiger partial charge >= 0.3 is 0 Å². The summed E-state index contributed by atoms with van der Waals surface area (Å²) in [5.74, 6) is 0. The van der Waals surface area contributed by atoms with Crippen LogP contribution in [-0.2, 0) is 4.74 Å². The summed E-state index contributed by atoms with van der Waals surface area (Å²) < 4.78 is 5.22. The highest BCUT2D eigenvalue weighted by Crippen LogP contribution is 2.09. The summed E-state index contributed by atoms with van der Waals surface area (Å²) in [6, 6.07) is 0. The fourth-order valence-electron chi connectivity index (χ4n) is 1.67. The standard InChI is InChI=1S/C13H26O2S/c1-13(16)15-12-10-8-6-4-2-3-5-7-9-11-14/h14H,2-12H2,1H3. The van der Waals surface area contributed by atoms with Crippen molar-refractivity contribution < 1.29 is 9.84 Å². The summed E-state index contributed by atoms with van der Waals surface area (Å²) in [4.78, 5) is 0. The van der Waals surface area contributed by atoms with Gasteiger partial charge in [0.25, 0.3) is 0 Å². The molecule has 0 atom stereocenters. The number of thiocarbonyl (C=S) groups is 1. The Balaban J connectivity index is 2.90. The Morgan fingerprint density at radius 1 is 0.875 bits per heavy atom. The van der Waals surface area contributed by atoms with Crippen molar-refractivity contribution in [3.05, 3.63) is 0 Å². The second-order valence-electron chi connectivity index (χ2n) is 4.25. The molecule has 0 bridgehead atoms. The van der Waals surface area contributed by atoms with Gasteiger partial charge in [0.2, 0.25) is 0 Å². The Morgan fingerprint density at radius 3 is 1.75 bits per heavy atom. The second kappa shape index (κ2) is 12.9. The molecule has 0 aliphatic heterocycles. The number of aliphatic hydroxyl groups is 1. The predicted molar refractivity (Wildman–Crippen MR) is 72.9 cm³/mol. The normalized spacial score (nSPS) is 10.4. The largest absolute Gasteiger partial charge is 0.487 e. The maximum atomic E-state index is 8.61. The van der Waals surface area contributed by atoms with Gasteiger partial charge in [-0.1, -0.05) is 44.9 Å². The Morgan fingerprint density at radius 2 is 1.31 bits per heavy atom. The molecule has 3 heteroatoms. The minimum atomic E-state index is 0.347. The molecule has 0 rings (SSSR count). The summed E-state index contributed by atoms with van der Waals surface area (Å²) in [6.45, 7) is 2.95. The quantitative estimate of drug-likeness (QED) is 0.443. The zero-order valence-corrected chi connectivity index (χ0v) is 11.4. The number of hydrogen-bond acceptors (Lipinski definition) is 3. The van der Waals surface area contributed by atoms with Gasteiger partial charge < -0.3 is 9.84 Å². The third kappa shape index (κ3) is 13.8. The highest BCUT2D eigenvalue weighted by atomic mass is 32.1. The fraction of sp³-hybridized carbons (Fsp3) is 0.923. The molecule has 1 N–H and O–H groups in total. The van der Waals surface area contributed by atoms with Crippen LogP contribution < -0.4 is 0 Å². The van der Waals surface area contributed by atoms with Crippen LogP contribution in [0.2, 0.25) is 0 Å². The maximum Gasteiger partial charge on any atom is 0.156 e. The van der Waals surface area contributed by atoms with Crippen LogP contribution in [0.5, 0.6) is 0 Å². The van der Waals surface area contributed by atoms with E-state index < -0.39 is 0 Å². The molecule has 0 aromatic heterocycles. The molecule has 0 amide bonds. The van der Waals surface area contributed by atoms with Crippen LogP contribution in [0.1, 0.15) is 64.7 Å². The van der Waals surface area contributed by atoms with Crippen molar-refractivity contribution in [3.8, 4) is 0 Å². The number of aliphatic hydroxyl groups excluding tert-OH is 1. The molecule has 0 heterocycles. The first kappa shape index (κ1) is 15.9. The fourth-order valence-corrected chi connectivity index (χ4v) is 1.75. The zero-order valence-electron chi connectivity index (χ0n) is 10.5. The smallest absolute Gasteiger partial charge is 0.156 e. The van der Waals surface area contributed by atoms with Crippen LogP contribution in [0, 0.1) is 0 Å². The second-order valence-corrected chi connectivity index (χ2v) is 4.82. The molecule has 0 spiro atoms. The third-order valence-corrected chi connectivity index (χ3v) is 2.73. The van der Waals surface area contributed by atoms with Crippen LogP contribution >= 0.6 is 12.2 Å². The van der Waals surface area contributed by atoms with Gasteiger partial charge in [-0.15, -0.1) is 0 Å². The molecular formula is C13H26O2S. The molecule has 0 radical (unpaired) electrons. The van der Waals surface area contributed by atoms with E-state index in [4.69, 9.17) is 22.1 Å². The van der Waals surface area contributed by atoms with E-state index in [0.717, 1.165) is 19.4 Å². The molecule has 0 aromatic carbocycles. The minimum Gasteiger partial charge on any atom is -0.487 e. The van der Waals surface area contributed by atoms with Crippen molar-refractivity contribution in [1.82, 2.24) is 0 Å². The van der Waals surface area contributed by atoms with E-state index in [2.05, 4.69) is 0 Å². The van der Waals surface area contributed by atoms with Crippen molar-refractivity contribution in [3.63, 3.8) is 0 Å². The summed E-state index contributed by atoms with van der Waals surface area (Å²) >= 11 is 4.83. The Hall–Kier alpha value is -0.150. The predicted octanol–water partition coefficient (Wildman–Crippen LogP) is 3.85. The Labute approximate surface area is 105 Å². The van der Waals surface area contributed by atoms with E-state index in [1.54, 1.807) is 0 Å². The highest BCUT2D eigenvalue weighted by Gasteiger charge is 1.93. The molecule has 0 aliphatic rings. The first-order valence-electron chi connectivity index (χ1n) is 6.51. The number of hydrogen-bond donors (Lipinski definition) is 1. The monoisotopic (exact) mass is 246 g/mol. The van der Waals surface area contributed by atoms with Gasteiger partial charge in [0.1, 0.15) is 0 Å². The lowest BCUT2D eigenvalue weighted by atomic mass is 10.1. The molecule has 16 heavy (non-hydrogen) atoms. The van der Waals surface area contributed by atoms with Gasteiger partial charge in [-0.2, -0.15) is 0 Å². The summed E-state index contributed by atoms with van der Waals surface area (Å²) in [7, 11) is 0. The van der Waals surface area contributed by atoms with Crippen molar-refractivity contribution in [1.29, 1.82) is 0 Å². The molecule has 0 saturated heterocycles. The minimum absolute atomic E-state index is 0.347. The SMILES string of the molecule is CC(=S)OCCCCCCCCCCCO. The first-order valence-corrected chi connectivity index (χ1v) is 6.92. The molecule has 0 saturated carbocycles. The third-order valence-electron chi connectivity index (χ3n) is 2.61. The van der Waals surface area contributed by atoms with Gasteiger partial charge in [-0.3, -0.25) is 0 Å². The molecule has 0 fully saturated rings. The average molecular weight is 246 g/mol. The Kier molecular flexibility index (Phi) is 12.8. The van der Waals surface area contributed by atoms with Crippen LogP contribution in [-0.4, -0.2) is 23.4 Å². The van der Waals surface area contributed by atoms with Gasteiger partial charge in [0.15, 0.2) is 5.05 Å². The topological polar surface area (TPSA) is 29.5 Å². The highest BCUT2D eigenvalue weighted by molar-refractivity contribution is 7.80. The maximum absolute atomic E-state index is 8.61. The summed E-state index contributed by atoms with van der Waals surface area (Å²) in [5.41, 5.74) is 0. The van der Waals surface area contributed by atoms with E-state index in [1.165, 1.54) is 44.9 Å². The lowest BCUT2D eigenvalue weighted by Gasteiger charge is -2.03. The number of unbranched alkanes of at least 4 members (excludes halogenated alkanes) is 8. The van der Waals surface area contributed by atoms with Crippen molar-refractivity contribution >= 4 is 17.3 Å². The molecule has 0 unspecified atom stereocenters. The van der Waals surface area contributed by atoms with Gasteiger partial charge in [-0.25, -0.2) is 0 Å². The van der Waals surface area contributed by atoms with Crippen molar-refractivity contribution in [2.45, 2.75) is 64.7 Å². The number of ether oxygens (including phenoxy) is 1. The lowest BCUT2D eigenvalue weighted by Crippen LogP contribution is -1.97. The lowest BCUT2D eigenvalue weighted by molar-refractivity contribution is 0.282. The molecule has 96 valence electrons. The van der Waals surface area contributed by atoms with Crippen LogP contribution in [0.25, 0.3) is 0 Å². The van der Waals surface area contributed by atoms with Crippen molar-refractivity contribution in [2.24, 2.45) is 0 Å². The van der Waals surface area contributed by atoms with Crippen LogP contribution in [0.15, 0.2) is 0 Å². The Bertz CT molecular complexity index is 160. The molecule has 2 nitrogen and oxygen atoms in total. The summed E-state index contributed by atoms with van der Waals surface area (Å²) in [6.07, 6.45) is 11.1. The van der Waals surface area contributed by atoms with Gasteiger partial charge in [0, 0.05) is 13.5 Å². The molecule has 0 aliphatic carbocycles. The zero-order chi connectivity index (χ0) is 12.1. The van der Waals surface area contributed by atoms with Gasteiger partial charge in [0.05, 0.1) is 6.61 Å². The van der Waals surface area contributed by atoms with E-state index in [1.807, 2.05) is 6.92 Å². The molecule has 0 aromatic rings. The first-order chi connectivity index (χ1) is 7.77. The van der Waals surface area contributed by atoms with E-state index in [9.17, 15) is 0 Å². The average Bonchev–Trinajstić information content (AvgIpc) is 2.25. The van der Waals surface area contributed by atoms with Crippen LogP contribution in [0.4, 0.5) is 0 Å². The molecular weight excluding hydrogens is 220 g/mol. The summed E-state index contributed by atoms with van der Waals surface area (Å²) in [5, 5.41) is 9.26. The number of rotatable bonds is 11. The van der Waals surface area contributed by atoms with E-state index in [0.29, 0.717) is 11.7 Å². The van der Waals surface area contributed by atoms with Crippen LogP contribution in [0.3, 0.4) is 0 Å².